The summed E-state index contributed by atoms with van der Waals surface area (Å²) in [5.74, 6) is 0.848. The second-order valence-electron chi connectivity index (χ2n) is 4.96. The summed E-state index contributed by atoms with van der Waals surface area (Å²) in [7, 11) is 0. The number of rotatable bonds is 2. The summed E-state index contributed by atoms with van der Waals surface area (Å²) in [5.41, 5.74) is 4.26. The molecular weight excluding hydrogens is 418 g/mol. The highest BCUT2D eigenvalue weighted by molar-refractivity contribution is 14.1. The van der Waals surface area contributed by atoms with Crippen molar-refractivity contribution >= 4 is 56.8 Å². The average Bonchev–Trinajstić information content (AvgIpc) is 2.80. The molecule has 0 aliphatic heterocycles. The lowest BCUT2D eigenvalue weighted by molar-refractivity contribution is 0.880. The second kappa shape index (κ2) is 5.78. The Hall–Kier alpha value is -0.780. The first-order valence-corrected chi connectivity index (χ1v) is 8.46. The first kappa shape index (κ1) is 15.1. The molecule has 0 saturated heterocycles. The van der Waals surface area contributed by atoms with E-state index in [9.17, 15) is 0 Å². The van der Waals surface area contributed by atoms with Crippen LogP contribution in [0.5, 0.6) is 0 Å². The average molecular weight is 431 g/mol. The Morgan fingerprint density at radius 1 is 1.24 bits per heavy atom. The van der Waals surface area contributed by atoms with Crippen molar-refractivity contribution in [1.82, 2.24) is 9.55 Å². The first-order valence-electron chi connectivity index (χ1n) is 6.56. The lowest BCUT2D eigenvalue weighted by Gasteiger charge is -2.12. The summed E-state index contributed by atoms with van der Waals surface area (Å²) < 4.78 is 3.19. The molecule has 5 heteroatoms. The Labute approximate surface area is 147 Å². The summed E-state index contributed by atoms with van der Waals surface area (Å²) in [6, 6.07) is 12.0. The number of halogens is 3. The van der Waals surface area contributed by atoms with Gasteiger partial charge < -0.3 is 0 Å². The van der Waals surface area contributed by atoms with Crippen LogP contribution in [0.25, 0.3) is 16.7 Å². The number of benzene rings is 2. The van der Waals surface area contributed by atoms with Crippen LogP contribution in [0.2, 0.25) is 5.02 Å². The fourth-order valence-corrected chi connectivity index (χ4v) is 3.70. The van der Waals surface area contributed by atoms with E-state index in [1.54, 1.807) is 0 Å². The third-order valence-corrected chi connectivity index (χ3v) is 4.71. The quantitative estimate of drug-likeness (QED) is 0.366. The van der Waals surface area contributed by atoms with Gasteiger partial charge in [0.15, 0.2) is 0 Å². The molecule has 3 aromatic rings. The van der Waals surface area contributed by atoms with Crippen LogP contribution in [-0.4, -0.2) is 9.55 Å². The van der Waals surface area contributed by atoms with E-state index in [0.717, 1.165) is 36.7 Å². The van der Waals surface area contributed by atoms with Crippen LogP contribution in [0, 0.1) is 10.5 Å². The van der Waals surface area contributed by atoms with E-state index in [-0.39, 0.29) is 5.38 Å². The minimum Gasteiger partial charge on any atom is -0.294 e. The fraction of sp³-hybridized carbons (Fsp3) is 0.188. The van der Waals surface area contributed by atoms with Crippen LogP contribution < -0.4 is 0 Å². The molecule has 0 bridgehead atoms. The molecule has 2 nitrogen and oxygen atoms in total. The smallest absolute Gasteiger partial charge is 0.132 e. The predicted molar refractivity (Wildman–Crippen MR) is 97.8 cm³/mol. The van der Waals surface area contributed by atoms with Crippen LogP contribution >= 0.6 is 45.8 Å². The van der Waals surface area contributed by atoms with Gasteiger partial charge in [-0.2, -0.15) is 0 Å². The Morgan fingerprint density at radius 3 is 2.67 bits per heavy atom. The van der Waals surface area contributed by atoms with Gasteiger partial charge in [0.25, 0.3) is 0 Å². The van der Waals surface area contributed by atoms with E-state index in [4.69, 9.17) is 28.2 Å². The molecule has 3 rings (SSSR count). The summed E-state index contributed by atoms with van der Waals surface area (Å²) in [6.45, 7) is 4.01. The number of nitrogens with zero attached hydrogens (tertiary/aromatic N) is 2. The Bertz CT molecular complexity index is 825. The van der Waals surface area contributed by atoms with E-state index in [0.29, 0.717) is 0 Å². The molecule has 0 radical (unpaired) electrons. The number of hydrogen-bond donors (Lipinski definition) is 0. The van der Waals surface area contributed by atoms with Crippen molar-refractivity contribution < 1.29 is 0 Å². The molecule has 1 aromatic heterocycles. The van der Waals surface area contributed by atoms with Gasteiger partial charge in [-0.3, -0.25) is 4.57 Å². The maximum absolute atomic E-state index is 6.35. The zero-order chi connectivity index (χ0) is 15.1. The number of imidazole rings is 1. The Kier molecular flexibility index (Phi) is 4.17. The largest absolute Gasteiger partial charge is 0.294 e. The molecule has 0 spiro atoms. The zero-order valence-corrected chi connectivity index (χ0v) is 15.2. The molecule has 0 saturated carbocycles. The molecule has 0 fully saturated rings. The van der Waals surface area contributed by atoms with Gasteiger partial charge in [-0.25, -0.2) is 4.98 Å². The molecule has 0 aliphatic rings. The van der Waals surface area contributed by atoms with Crippen molar-refractivity contribution in [2.24, 2.45) is 0 Å². The van der Waals surface area contributed by atoms with Gasteiger partial charge in [0.2, 0.25) is 0 Å². The van der Waals surface area contributed by atoms with Crippen LogP contribution in [0.15, 0.2) is 36.4 Å². The second-order valence-corrected chi connectivity index (χ2v) is 7.21. The zero-order valence-electron chi connectivity index (χ0n) is 11.6. The Balaban J connectivity index is 2.39. The van der Waals surface area contributed by atoms with E-state index in [1.165, 1.54) is 0 Å². The molecule has 0 amide bonds. The van der Waals surface area contributed by atoms with E-state index < -0.39 is 0 Å². The van der Waals surface area contributed by atoms with Crippen LogP contribution in [0.1, 0.15) is 23.7 Å². The molecule has 1 atom stereocenters. The van der Waals surface area contributed by atoms with Gasteiger partial charge >= 0.3 is 0 Å². The monoisotopic (exact) mass is 430 g/mol. The molecule has 1 heterocycles. The van der Waals surface area contributed by atoms with E-state index in [2.05, 4.69) is 46.2 Å². The highest BCUT2D eigenvalue weighted by Gasteiger charge is 2.18. The number of alkyl halides is 1. The van der Waals surface area contributed by atoms with Crippen LogP contribution in [0.4, 0.5) is 0 Å². The minimum atomic E-state index is -0.178. The predicted octanol–water partition coefficient (Wildman–Crippen LogP) is 5.89. The van der Waals surface area contributed by atoms with Crippen LogP contribution in [0.3, 0.4) is 0 Å². The SMILES string of the molecule is Cc1cccc2c1nc(C(C)Cl)n2-c1ccc(Cl)cc1I. The number of aryl methyl sites for hydroxylation is 1. The van der Waals surface area contributed by atoms with Gasteiger partial charge in [-0.1, -0.05) is 23.7 Å². The normalized spacial score (nSPS) is 12.8. The molecule has 108 valence electrons. The summed E-state index contributed by atoms with van der Waals surface area (Å²) in [6.07, 6.45) is 0. The highest BCUT2D eigenvalue weighted by Crippen LogP contribution is 2.32. The van der Waals surface area contributed by atoms with Gasteiger partial charge in [0.05, 0.1) is 22.1 Å². The minimum absolute atomic E-state index is 0.178. The molecular formula is C16H13Cl2IN2. The van der Waals surface area contributed by atoms with Gasteiger partial charge in [0.1, 0.15) is 5.82 Å². The van der Waals surface area contributed by atoms with Gasteiger partial charge in [0, 0.05) is 8.59 Å². The Morgan fingerprint density at radius 2 is 2.00 bits per heavy atom. The third kappa shape index (κ3) is 2.67. The fourth-order valence-electron chi connectivity index (χ4n) is 2.44. The van der Waals surface area contributed by atoms with Crippen molar-refractivity contribution in [3.63, 3.8) is 0 Å². The van der Waals surface area contributed by atoms with Gasteiger partial charge in [-0.05, 0) is 66.3 Å². The number of para-hydroxylation sites is 1. The number of fused-ring (bicyclic) bond motifs is 1. The van der Waals surface area contributed by atoms with Gasteiger partial charge in [-0.15, -0.1) is 11.6 Å². The molecule has 0 aliphatic carbocycles. The van der Waals surface area contributed by atoms with E-state index >= 15 is 0 Å². The number of aromatic nitrogens is 2. The lowest BCUT2D eigenvalue weighted by atomic mass is 10.2. The lowest BCUT2D eigenvalue weighted by Crippen LogP contribution is -2.03. The standard InChI is InChI=1S/C16H13Cl2IN2/c1-9-4-3-5-14-15(9)20-16(10(2)17)21(14)13-7-6-11(18)8-12(13)19/h3-8,10H,1-2H3. The topological polar surface area (TPSA) is 17.8 Å². The first-order chi connectivity index (χ1) is 9.99. The summed E-state index contributed by atoms with van der Waals surface area (Å²) >= 11 is 14.7. The van der Waals surface area contributed by atoms with Crippen molar-refractivity contribution in [2.45, 2.75) is 19.2 Å². The van der Waals surface area contributed by atoms with Crippen LogP contribution in [-0.2, 0) is 0 Å². The van der Waals surface area contributed by atoms with E-state index in [1.807, 2.05) is 31.2 Å². The number of hydrogen-bond acceptors (Lipinski definition) is 1. The maximum Gasteiger partial charge on any atom is 0.132 e. The highest BCUT2D eigenvalue weighted by atomic mass is 127. The third-order valence-electron chi connectivity index (χ3n) is 3.42. The molecule has 21 heavy (non-hydrogen) atoms. The van der Waals surface area contributed by atoms with Crippen molar-refractivity contribution in [3.05, 3.63) is 56.4 Å². The molecule has 1 unspecified atom stereocenters. The maximum atomic E-state index is 6.35. The van der Waals surface area contributed by atoms with Crippen molar-refractivity contribution in [2.75, 3.05) is 0 Å². The summed E-state index contributed by atoms with van der Waals surface area (Å²) in [4.78, 5) is 4.75. The molecule has 0 N–H and O–H groups in total. The summed E-state index contributed by atoms with van der Waals surface area (Å²) in [5, 5.41) is 0.549. The van der Waals surface area contributed by atoms with Crippen molar-refractivity contribution in [3.8, 4) is 5.69 Å². The molecule has 2 aromatic carbocycles. The van der Waals surface area contributed by atoms with Crippen molar-refractivity contribution in [1.29, 1.82) is 0 Å².